The van der Waals surface area contributed by atoms with Gasteiger partial charge in [0.15, 0.2) is 6.10 Å². The molecule has 0 unspecified atom stereocenters. The van der Waals surface area contributed by atoms with Crippen molar-refractivity contribution in [3.8, 4) is 0 Å². The third-order valence-electron chi connectivity index (χ3n) is 0.918. The van der Waals surface area contributed by atoms with Gasteiger partial charge in [-0.25, -0.2) is 9.59 Å². The molecule has 1 atom stereocenters. The van der Waals surface area contributed by atoms with E-state index in [0.29, 0.717) is 0 Å². The Morgan fingerprint density at radius 3 is 2.58 bits per heavy atom. The quantitative estimate of drug-likeness (QED) is 0.533. The van der Waals surface area contributed by atoms with Crippen molar-refractivity contribution in [1.29, 1.82) is 0 Å². The normalized spacial score (nSPS) is 11.8. The lowest BCUT2D eigenvalue weighted by molar-refractivity contribution is -0.147. The van der Waals surface area contributed by atoms with Crippen LogP contribution in [0.4, 0.5) is 4.79 Å². The zero-order valence-electron chi connectivity index (χ0n) is 6.45. The molecule has 0 aliphatic rings. The maximum atomic E-state index is 10.6. The fraction of sp³-hybridized carbons (Fsp3) is 0.667. The highest BCUT2D eigenvalue weighted by molar-refractivity contribution is 6.18. The van der Waals surface area contributed by atoms with Gasteiger partial charge in [-0.15, -0.1) is 11.6 Å². The van der Waals surface area contributed by atoms with Crippen LogP contribution in [-0.2, 0) is 14.3 Å². The highest BCUT2D eigenvalue weighted by Gasteiger charge is 2.16. The minimum Gasteiger partial charge on any atom is -0.479 e. The van der Waals surface area contributed by atoms with Gasteiger partial charge in [0.2, 0.25) is 0 Å². The van der Waals surface area contributed by atoms with Crippen molar-refractivity contribution in [1.82, 2.24) is 0 Å². The summed E-state index contributed by atoms with van der Waals surface area (Å²) in [5.74, 6) is -1.07. The van der Waals surface area contributed by atoms with E-state index in [-0.39, 0.29) is 12.5 Å². The first-order chi connectivity index (χ1) is 5.57. The summed E-state index contributed by atoms with van der Waals surface area (Å²) < 4.78 is 8.65. The summed E-state index contributed by atoms with van der Waals surface area (Å²) in [5, 5.41) is 8.30. The number of hydrogen-bond acceptors (Lipinski definition) is 4. The molecular formula is C6H9ClO5. The Balaban J connectivity index is 3.61. The number of carboxylic acids is 1. The molecule has 0 aliphatic heterocycles. The molecule has 0 fully saturated rings. The van der Waals surface area contributed by atoms with Crippen LogP contribution in [0.5, 0.6) is 0 Å². The second-order valence-corrected chi connectivity index (χ2v) is 2.26. The zero-order chi connectivity index (χ0) is 9.56. The summed E-state index contributed by atoms with van der Waals surface area (Å²) >= 11 is 5.20. The summed E-state index contributed by atoms with van der Waals surface area (Å²) in [5.41, 5.74) is 0. The third-order valence-corrected chi connectivity index (χ3v) is 1.07. The van der Waals surface area contributed by atoms with E-state index >= 15 is 0 Å². The van der Waals surface area contributed by atoms with Crippen LogP contribution >= 0.6 is 11.6 Å². The van der Waals surface area contributed by atoms with Gasteiger partial charge in [-0.2, -0.15) is 0 Å². The van der Waals surface area contributed by atoms with Gasteiger partial charge in [0, 0.05) is 0 Å². The maximum absolute atomic E-state index is 10.6. The average Bonchev–Trinajstić information content (AvgIpc) is 2.00. The summed E-state index contributed by atoms with van der Waals surface area (Å²) in [4.78, 5) is 20.7. The van der Waals surface area contributed by atoms with Gasteiger partial charge in [0.1, 0.15) is 6.61 Å². The molecule has 0 bridgehead atoms. The van der Waals surface area contributed by atoms with E-state index in [0.717, 1.165) is 0 Å². The topological polar surface area (TPSA) is 72.8 Å². The molecule has 70 valence electrons. The highest BCUT2D eigenvalue weighted by atomic mass is 35.5. The van der Waals surface area contributed by atoms with Crippen LogP contribution in [0.3, 0.4) is 0 Å². The van der Waals surface area contributed by atoms with E-state index in [1.54, 1.807) is 0 Å². The van der Waals surface area contributed by atoms with Crippen LogP contribution in [0.25, 0.3) is 0 Å². The molecule has 1 N–H and O–H groups in total. The minimum absolute atomic E-state index is 0.00667. The number of carboxylic acid groups (broad SMARTS) is 1. The van der Waals surface area contributed by atoms with Crippen molar-refractivity contribution in [3.05, 3.63) is 0 Å². The van der Waals surface area contributed by atoms with Crippen molar-refractivity contribution in [2.75, 3.05) is 12.5 Å². The Bertz CT molecular complexity index is 169. The Morgan fingerprint density at radius 2 is 2.17 bits per heavy atom. The summed E-state index contributed by atoms with van der Waals surface area (Å²) in [7, 11) is 0. The molecule has 0 aromatic heterocycles. The van der Waals surface area contributed by atoms with Gasteiger partial charge in [-0.1, -0.05) is 0 Å². The molecule has 0 amide bonds. The number of aliphatic carboxylic acids is 1. The summed E-state index contributed by atoms with van der Waals surface area (Å²) in [6.07, 6.45) is -2.22. The van der Waals surface area contributed by atoms with Crippen molar-refractivity contribution in [2.45, 2.75) is 13.0 Å². The van der Waals surface area contributed by atoms with Gasteiger partial charge in [0.05, 0.1) is 5.88 Å². The van der Waals surface area contributed by atoms with Crippen LogP contribution in [0.15, 0.2) is 0 Å². The lowest BCUT2D eigenvalue weighted by Crippen LogP contribution is -2.24. The Morgan fingerprint density at radius 1 is 1.58 bits per heavy atom. The van der Waals surface area contributed by atoms with E-state index in [1.165, 1.54) is 6.92 Å². The average molecular weight is 197 g/mol. The lowest BCUT2D eigenvalue weighted by Gasteiger charge is -2.07. The first-order valence-electron chi connectivity index (χ1n) is 3.20. The van der Waals surface area contributed by atoms with Crippen LogP contribution in [-0.4, -0.2) is 35.8 Å². The van der Waals surface area contributed by atoms with Crippen LogP contribution < -0.4 is 0 Å². The van der Waals surface area contributed by atoms with E-state index in [9.17, 15) is 9.59 Å². The molecule has 0 rings (SSSR count). The minimum atomic E-state index is -1.22. The standard InChI is InChI=1S/C6H9ClO5/c1-4(5(8)9)12-6(10)11-3-2-7/h4H,2-3H2,1H3,(H,8,9)/t4-/m1/s1. The van der Waals surface area contributed by atoms with Crippen molar-refractivity contribution in [2.24, 2.45) is 0 Å². The Hall–Kier alpha value is -0.970. The molecule has 6 heteroatoms. The maximum Gasteiger partial charge on any atom is 0.509 e. The van der Waals surface area contributed by atoms with E-state index in [4.69, 9.17) is 16.7 Å². The molecule has 0 saturated heterocycles. The number of ether oxygens (including phenoxy) is 2. The van der Waals surface area contributed by atoms with Crippen LogP contribution in [0.2, 0.25) is 0 Å². The largest absolute Gasteiger partial charge is 0.509 e. The number of carbonyl (C=O) groups excluding carboxylic acids is 1. The number of rotatable bonds is 4. The Kier molecular flexibility index (Phi) is 5.19. The Labute approximate surface area is 74.2 Å². The van der Waals surface area contributed by atoms with Gasteiger partial charge in [-0.3, -0.25) is 0 Å². The van der Waals surface area contributed by atoms with Gasteiger partial charge in [0.25, 0.3) is 0 Å². The fourth-order valence-electron chi connectivity index (χ4n) is 0.351. The zero-order valence-corrected chi connectivity index (χ0v) is 7.21. The summed E-state index contributed by atoms with van der Waals surface area (Å²) in [6.45, 7) is 1.23. The molecule has 0 saturated carbocycles. The molecule has 0 radical (unpaired) electrons. The van der Waals surface area contributed by atoms with Crippen LogP contribution in [0.1, 0.15) is 6.92 Å². The van der Waals surface area contributed by atoms with Gasteiger partial charge in [-0.05, 0) is 6.92 Å². The summed E-state index contributed by atoms with van der Waals surface area (Å²) in [6, 6.07) is 0. The predicted molar refractivity (Wildman–Crippen MR) is 40.3 cm³/mol. The van der Waals surface area contributed by atoms with Gasteiger partial charge >= 0.3 is 12.1 Å². The number of alkyl halides is 1. The van der Waals surface area contributed by atoms with E-state index in [1.807, 2.05) is 0 Å². The lowest BCUT2D eigenvalue weighted by atomic mass is 10.4. The van der Waals surface area contributed by atoms with Crippen molar-refractivity contribution < 1.29 is 24.2 Å². The first kappa shape index (κ1) is 11.0. The van der Waals surface area contributed by atoms with Crippen LogP contribution in [0, 0.1) is 0 Å². The molecule has 0 aromatic carbocycles. The molecule has 0 heterocycles. The van der Waals surface area contributed by atoms with Gasteiger partial charge < -0.3 is 14.6 Å². The van der Waals surface area contributed by atoms with Crippen molar-refractivity contribution in [3.63, 3.8) is 0 Å². The molecular weight excluding hydrogens is 188 g/mol. The highest BCUT2D eigenvalue weighted by Crippen LogP contribution is 1.94. The molecule has 12 heavy (non-hydrogen) atoms. The number of halogens is 1. The van der Waals surface area contributed by atoms with E-state index < -0.39 is 18.2 Å². The third kappa shape index (κ3) is 4.79. The molecule has 0 spiro atoms. The second kappa shape index (κ2) is 5.65. The SMILES string of the molecule is C[C@@H](OC(=O)OCCCl)C(=O)O. The fourth-order valence-corrected chi connectivity index (χ4v) is 0.428. The number of carbonyl (C=O) groups is 2. The molecule has 0 aliphatic carbocycles. The second-order valence-electron chi connectivity index (χ2n) is 1.89. The van der Waals surface area contributed by atoms with Crippen molar-refractivity contribution >= 4 is 23.7 Å². The number of hydrogen-bond donors (Lipinski definition) is 1. The monoisotopic (exact) mass is 196 g/mol. The molecule has 5 nitrogen and oxygen atoms in total. The predicted octanol–water partition coefficient (Wildman–Crippen LogP) is 0.852. The molecule has 0 aromatic rings. The van der Waals surface area contributed by atoms with E-state index in [2.05, 4.69) is 9.47 Å². The first-order valence-corrected chi connectivity index (χ1v) is 3.73. The smallest absolute Gasteiger partial charge is 0.479 e.